The fraction of sp³-hybridized carbons (Fsp3) is 0.333. The Bertz CT molecular complexity index is 804. The number of nitrogens with one attached hydrogen (secondary N) is 2. The molecule has 0 spiro atoms. The number of sulfonamides is 1. The first-order chi connectivity index (χ1) is 11.5. The van der Waals surface area contributed by atoms with Crippen LogP contribution in [0.2, 0.25) is 0 Å². The summed E-state index contributed by atoms with van der Waals surface area (Å²) >= 11 is 1.30. The lowest BCUT2D eigenvalue weighted by Crippen LogP contribution is -2.48. The average Bonchev–Trinajstić information content (AvgIpc) is 3.19. The Hall–Kier alpha value is -1.97. The molecule has 2 heterocycles. The van der Waals surface area contributed by atoms with Gasteiger partial charge in [0.2, 0.25) is 10.0 Å². The number of amides is 2. The van der Waals surface area contributed by atoms with Gasteiger partial charge in [-0.3, -0.25) is 5.32 Å². The van der Waals surface area contributed by atoms with E-state index >= 15 is 0 Å². The molecule has 1 fully saturated rings. The van der Waals surface area contributed by atoms with Crippen molar-refractivity contribution in [1.82, 2.24) is 14.6 Å². The van der Waals surface area contributed by atoms with Gasteiger partial charge in [0.05, 0.1) is 11.1 Å². The van der Waals surface area contributed by atoms with Crippen molar-refractivity contribution in [3.05, 3.63) is 41.4 Å². The monoisotopic (exact) mass is 366 g/mol. The lowest BCUT2D eigenvalue weighted by molar-refractivity contribution is 0.240. The second kappa shape index (κ2) is 6.88. The first-order valence-electron chi connectivity index (χ1n) is 7.52. The summed E-state index contributed by atoms with van der Waals surface area (Å²) in [4.78, 5) is 16.3. The number of thiazole rings is 1. The van der Waals surface area contributed by atoms with Gasteiger partial charge in [-0.25, -0.2) is 18.2 Å². The Labute approximate surface area is 144 Å². The molecule has 0 saturated carbocycles. The van der Waals surface area contributed by atoms with Gasteiger partial charge in [0.25, 0.3) is 0 Å². The summed E-state index contributed by atoms with van der Waals surface area (Å²) in [7, 11) is -3.63. The molecule has 1 aromatic heterocycles. The number of carbonyl (C=O) groups is 1. The summed E-state index contributed by atoms with van der Waals surface area (Å²) in [5.74, 6) is 0. The normalized spacial score (nSPS) is 18.5. The molecule has 0 bridgehead atoms. The largest absolute Gasteiger partial charge is 0.322 e. The second-order valence-corrected chi connectivity index (χ2v) is 8.31. The molecule has 2 N–H and O–H groups in total. The van der Waals surface area contributed by atoms with Gasteiger partial charge in [-0.2, -0.15) is 4.31 Å². The van der Waals surface area contributed by atoms with Crippen LogP contribution in [0.3, 0.4) is 0 Å². The third kappa shape index (κ3) is 3.58. The van der Waals surface area contributed by atoms with Crippen molar-refractivity contribution in [2.75, 3.05) is 11.9 Å². The zero-order valence-electron chi connectivity index (χ0n) is 13.1. The van der Waals surface area contributed by atoms with Gasteiger partial charge in [0.1, 0.15) is 0 Å². The second-order valence-electron chi connectivity index (χ2n) is 5.52. The number of rotatable bonds is 4. The molecule has 0 unspecified atom stereocenters. The SMILES string of the molecule is Cc1ccc(S(=O)(=O)N2CCC[C@@H]2NC(=O)Nc2nccs2)cc1. The van der Waals surface area contributed by atoms with Crippen LogP contribution in [0.4, 0.5) is 9.93 Å². The summed E-state index contributed by atoms with van der Waals surface area (Å²) in [5.41, 5.74) is 0.993. The molecule has 1 aliphatic rings. The van der Waals surface area contributed by atoms with E-state index in [9.17, 15) is 13.2 Å². The van der Waals surface area contributed by atoms with E-state index in [2.05, 4.69) is 15.6 Å². The van der Waals surface area contributed by atoms with Crippen molar-refractivity contribution in [3.63, 3.8) is 0 Å². The van der Waals surface area contributed by atoms with Crippen LogP contribution in [0.5, 0.6) is 0 Å². The van der Waals surface area contributed by atoms with Crippen LogP contribution in [0.15, 0.2) is 40.7 Å². The van der Waals surface area contributed by atoms with Crippen molar-refractivity contribution in [3.8, 4) is 0 Å². The van der Waals surface area contributed by atoms with E-state index in [1.807, 2.05) is 6.92 Å². The predicted molar refractivity (Wildman–Crippen MR) is 92.4 cm³/mol. The highest BCUT2D eigenvalue weighted by Crippen LogP contribution is 2.25. The number of aryl methyl sites for hydroxylation is 1. The van der Waals surface area contributed by atoms with Crippen molar-refractivity contribution in [2.45, 2.75) is 30.8 Å². The molecule has 0 radical (unpaired) electrons. The highest BCUT2D eigenvalue weighted by atomic mass is 32.2. The van der Waals surface area contributed by atoms with E-state index in [4.69, 9.17) is 0 Å². The van der Waals surface area contributed by atoms with E-state index in [1.165, 1.54) is 15.6 Å². The number of benzene rings is 1. The Kier molecular flexibility index (Phi) is 4.83. The third-order valence-corrected chi connectivity index (χ3v) is 6.39. The van der Waals surface area contributed by atoms with Gasteiger partial charge in [0.15, 0.2) is 5.13 Å². The fourth-order valence-electron chi connectivity index (χ4n) is 2.59. The van der Waals surface area contributed by atoms with E-state index in [0.717, 1.165) is 5.56 Å². The van der Waals surface area contributed by atoms with Crippen molar-refractivity contribution < 1.29 is 13.2 Å². The Morgan fingerprint density at radius 2 is 2.08 bits per heavy atom. The molecule has 9 heteroatoms. The van der Waals surface area contributed by atoms with E-state index < -0.39 is 22.2 Å². The molecule has 1 aliphatic heterocycles. The van der Waals surface area contributed by atoms with Crippen molar-refractivity contribution >= 4 is 32.5 Å². The number of urea groups is 1. The average molecular weight is 366 g/mol. The van der Waals surface area contributed by atoms with Crippen LogP contribution < -0.4 is 10.6 Å². The highest BCUT2D eigenvalue weighted by Gasteiger charge is 2.36. The summed E-state index contributed by atoms with van der Waals surface area (Å²) in [6.07, 6.45) is 2.31. The smallest absolute Gasteiger partial charge is 0.321 e. The molecule has 1 atom stereocenters. The zero-order valence-corrected chi connectivity index (χ0v) is 14.7. The number of carbonyl (C=O) groups excluding carboxylic acids is 1. The van der Waals surface area contributed by atoms with Gasteiger partial charge < -0.3 is 5.32 Å². The van der Waals surface area contributed by atoms with E-state index in [1.54, 1.807) is 35.8 Å². The van der Waals surface area contributed by atoms with Crippen molar-refractivity contribution in [1.29, 1.82) is 0 Å². The summed E-state index contributed by atoms with van der Waals surface area (Å²) in [5, 5.41) is 7.54. The zero-order chi connectivity index (χ0) is 17.2. The minimum atomic E-state index is -3.63. The van der Waals surface area contributed by atoms with Crippen LogP contribution in [0.25, 0.3) is 0 Å². The molecule has 128 valence electrons. The van der Waals surface area contributed by atoms with E-state index in [0.29, 0.717) is 24.5 Å². The van der Waals surface area contributed by atoms with Crippen molar-refractivity contribution in [2.24, 2.45) is 0 Å². The van der Waals surface area contributed by atoms with Gasteiger partial charge in [0, 0.05) is 18.1 Å². The number of anilines is 1. The van der Waals surface area contributed by atoms with Gasteiger partial charge in [-0.1, -0.05) is 17.7 Å². The lowest BCUT2D eigenvalue weighted by atomic mass is 10.2. The summed E-state index contributed by atoms with van der Waals surface area (Å²) < 4.78 is 26.9. The van der Waals surface area contributed by atoms with Crippen LogP contribution in [-0.4, -0.2) is 36.4 Å². The molecule has 24 heavy (non-hydrogen) atoms. The molecule has 2 aromatic rings. The first kappa shape index (κ1) is 16.9. The van der Waals surface area contributed by atoms with Gasteiger partial charge >= 0.3 is 6.03 Å². The Morgan fingerprint density at radius 1 is 1.33 bits per heavy atom. The van der Waals surface area contributed by atoms with Crippen LogP contribution in [0, 0.1) is 6.92 Å². The van der Waals surface area contributed by atoms with Crippen LogP contribution in [-0.2, 0) is 10.0 Å². The first-order valence-corrected chi connectivity index (χ1v) is 9.84. The van der Waals surface area contributed by atoms with Crippen LogP contribution >= 0.6 is 11.3 Å². The number of hydrogen-bond acceptors (Lipinski definition) is 5. The minimum absolute atomic E-state index is 0.238. The summed E-state index contributed by atoms with van der Waals surface area (Å²) in [6, 6.07) is 6.26. The molecule has 3 rings (SSSR count). The molecule has 2 amide bonds. The third-order valence-electron chi connectivity index (χ3n) is 3.78. The molecule has 1 aromatic carbocycles. The lowest BCUT2D eigenvalue weighted by Gasteiger charge is -2.24. The Morgan fingerprint density at radius 3 is 2.75 bits per heavy atom. The van der Waals surface area contributed by atoms with Crippen LogP contribution in [0.1, 0.15) is 18.4 Å². The maximum atomic E-state index is 12.8. The molecule has 1 saturated heterocycles. The maximum Gasteiger partial charge on any atom is 0.322 e. The number of aromatic nitrogens is 1. The van der Waals surface area contributed by atoms with Gasteiger partial charge in [-0.15, -0.1) is 11.3 Å². The number of nitrogens with zero attached hydrogens (tertiary/aromatic N) is 2. The molecular weight excluding hydrogens is 348 g/mol. The topological polar surface area (TPSA) is 91.4 Å². The summed E-state index contributed by atoms with van der Waals surface area (Å²) in [6.45, 7) is 2.29. The molecule has 0 aliphatic carbocycles. The standard InChI is InChI=1S/C15H18N4O3S2/c1-11-4-6-12(7-5-11)24(21,22)19-9-2-3-13(19)17-14(20)18-15-16-8-10-23-15/h4-8,10,13H,2-3,9H2,1H3,(H2,16,17,18,20)/t13-/m1/s1. The molecular formula is C15H18N4O3S2. The minimum Gasteiger partial charge on any atom is -0.321 e. The highest BCUT2D eigenvalue weighted by molar-refractivity contribution is 7.89. The Balaban J connectivity index is 1.72. The molecule has 7 nitrogen and oxygen atoms in total. The quantitative estimate of drug-likeness (QED) is 0.869. The van der Waals surface area contributed by atoms with E-state index in [-0.39, 0.29) is 4.90 Å². The number of hydrogen-bond donors (Lipinski definition) is 2. The van der Waals surface area contributed by atoms with Gasteiger partial charge in [-0.05, 0) is 31.9 Å². The maximum absolute atomic E-state index is 12.8. The fourth-order valence-corrected chi connectivity index (χ4v) is 4.72. The predicted octanol–water partition coefficient (Wildman–Crippen LogP) is 2.38.